The average Bonchev–Trinajstić information content (AvgIpc) is 3.16. The van der Waals surface area contributed by atoms with Crippen molar-refractivity contribution in [1.29, 1.82) is 0 Å². The number of halogens is 1. The van der Waals surface area contributed by atoms with Crippen molar-refractivity contribution in [3.8, 4) is 0 Å². The highest BCUT2D eigenvalue weighted by Gasteiger charge is 2.26. The minimum absolute atomic E-state index is 0.0970. The Labute approximate surface area is 335 Å². The van der Waals surface area contributed by atoms with E-state index < -0.39 is 47.8 Å². The van der Waals surface area contributed by atoms with Crippen LogP contribution in [0.4, 0.5) is 0 Å². The number of rotatable bonds is 27. The zero-order chi connectivity index (χ0) is 41.3. The van der Waals surface area contributed by atoms with Gasteiger partial charge in [-0.3, -0.25) is 33.8 Å². The Morgan fingerprint density at radius 3 is 1.82 bits per heavy atom. The van der Waals surface area contributed by atoms with Crippen LogP contribution in [-0.2, 0) is 51.1 Å². The molecule has 2 rings (SSSR count). The van der Waals surface area contributed by atoms with Crippen molar-refractivity contribution >= 4 is 57.3 Å². The fourth-order valence-corrected chi connectivity index (χ4v) is 5.29. The molecule has 0 bridgehead atoms. The largest absolute Gasteiger partial charge is 0.377 e. The molecular formula is C37H55BrN10O8. The third-order valence-electron chi connectivity index (χ3n) is 8.00. The number of benzene rings is 2. The van der Waals surface area contributed by atoms with E-state index in [0.717, 1.165) is 15.6 Å². The van der Waals surface area contributed by atoms with E-state index in [0.29, 0.717) is 12.8 Å². The molecule has 0 radical (unpaired) electrons. The van der Waals surface area contributed by atoms with Gasteiger partial charge in [0.05, 0.1) is 32.5 Å². The monoisotopic (exact) mass is 846 g/mol. The van der Waals surface area contributed by atoms with Gasteiger partial charge in [-0.25, -0.2) is 0 Å². The summed E-state index contributed by atoms with van der Waals surface area (Å²) in [5.74, 6) is -3.17. The number of guanidine groups is 1. The Morgan fingerprint density at radius 1 is 0.679 bits per heavy atom. The molecule has 0 aliphatic carbocycles. The number of hydrogen-bond acceptors (Lipinski definition) is 10. The number of carbonyl (C=O) groups is 6. The third-order valence-corrected chi connectivity index (χ3v) is 8.53. The van der Waals surface area contributed by atoms with Crippen LogP contribution >= 0.6 is 15.9 Å². The first-order valence-electron chi connectivity index (χ1n) is 18.2. The van der Waals surface area contributed by atoms with Gasteiger partial charge in [-0.05, 0) is 43.0 Å². The van der Waals surface area contributed by atoms with Crippen LogP contribution in [0.5, 0.6) is 0 Å². The molecular weight excluding hydrogens is 792 g/mol. The van der Waals surface area contributed by atoms with Crippen LogP contribution in [0.15, 0.2) is 64.1 Å². The minimum atomic E-state index is -1.05. The molecule has 0 unspecified atom stereocenters. The van der Waals surface area contributed by atoms with Crippen LogP contribution in [0.3, 0.4) is 0 Å². The van der Waals surface area contributed by atoms with Gasteiger partial charge in [0.1, 0.15) is 18.1 Å². The van der Waals surface area contributed by atoms with E-state index in [2.05, 4.69) is 47.5 Å². The second-order valence-electron chi connectivity index (χ2n) is 12.8. The minimum Gasteiger partial charge on any atom is -0.377 e. The van der Waals surface area contributed by atoms with Gasteiger partial charge in [0.2, 0.25) is 35.4 Å². The molecule has 308 valence electrons. The van der Waals surface area contributed by atoms with Crippen molar-refractivity contribution in [3.05, 3.63) is 70.2 Å². The van der Waals surface area contributed by atoms with Crippen molar-refractivity contribution < 1.29 is 38.2 Å². The number of aliphatic imine (C=N–C) groups is 1. The maximum atomic E-state index is 13.3. The summed E-state index contributed by atoms with van der Waals surface area (Å²) in [6.07, 6.45) is 0.660. The Balaban J connectivity index is 1.69. The zero-order valence-corrected chi connectivity index (χ0v) is 33.2. The van der Waals surface area contributed by atoms with E-state index in [1.807, 2.05) is 30.3 Å². The molecule has 0 heterocycles. The molecule has 6 amide bonds. The normalized spacial score (nSPS) is 12.9. The zero-order valence-electron chi connectivity index (χ0n) is 31.6. The summed E-state index contributed by atoms with van der Waals surface area (Å²) in [7, 11) is 0. The molecule has 56 heavy (non-hydrogen) atoms. The number of carbonyl (C=O) groups excluding carboxylic acids is 6. The van der Waals surface area contributed by atoms with E-state index in [1.165, 1.54) is 0 Å². The molecule has 4 atom stereocenters. The van der Waals surface area contributed by atoms with Gasteiger partial charge in [-0.15, -0.1) is 0 Å². The first kappa shape index (κ1) is 47.0. The summed E-state index contributed by atoms with van der Waals surface area (Å²) >= 11 is 3.37. The molecule has 0 aromatic heterocycles. The van der Waals surface area contributed by atoms with Gasteiger partial charge in [-0.2, -0.15) is 0 Å². The lowest BCUT2D eigenvalue weighted by Crippen LogP contribution is -2.53. The second kappa shape index (κ2) is 26.7. The summed E-state index contributed by atoms with van der Waals surface area (Å²) in [5.41, 5.74) is 23.5. The van der Waals surface area contributed by atoms with Crippen molar-refractivity contribution in [2.24, 2.45) is 27.9 Å². The molecule has 19 heteroatoms. The van der Waals surface area contributed by atoms with E-state index in [4.69, 9.17) is 32.4 Å². The number of primary amides is 1. The predicted molar refractivity (Wildman–Crippen MR) is 213 cm³/mol. The first-order chi connectivity index (χ1) is 26.7. The summed E-state index contributed by atoms with van der Waals surface area (Å²) < 4.78 is 11.8. The molecule has 0 saturated carbocycles. The molecule has 0 saturated heterocycles. The number of ether oxygens (including phenoxy) is 2. The predicted octanol–water partition coefficient (Wildman–Crippen LogP) is -1.38. The van der Waals surface area contributed by atoms with Crippen LogP contribution in [0, 0.1) is 0 Å². The SMILES string of the molecule is C[C@H](N)C(=O)N[C@@H](Cc1ccccc1)C(=O)NCCOCCOCCNC(=O)CCC(=O)N[C@@H](Cc1ccc(Br)cc1)C(=O)N[C@@H](CCCN=C(N)N)C(N)=O. The molecule has 13 N–H and O–H groups in total. The molecule has 0 aliphatic heterocycles. The van der Waals surface area contributed by atoms with Crippen LogP contribution in [0.1, 0.15) is 43.7 Å². The highest BCUT2D eigenvalue weighted by Crippen LogP contribution is 2.13. The van der Waals surface area contributed by atoms with Gasteiger partial charge in [-0.1, -0.05) is 58.4 Å². The van der Waals surface area contributed by atoms with Crippen molar-refractivity contribution in [2.45, 2.75) is 69.6 Å². The van der Waals surface area contributed by atoms with E-state index in [-0.39, 0.29) is 89.5 Å². The molecule has 2 aromatic rings. The molecule has 2 aromatic carbocycles. The van der Waals surface area contributed by atoms with Gasteiger partial charge in [0, 0.05) is 49.8 Å². The smallest absolute Gasteiger partial charge is 0.243 e. The molecule has 18 nitrogen and oxygen atoms in total. The Hall–Kier alpha value is -5.11. The summed E-state index contributed by atoms with van der Waals surface area (Å²) in [4.78, 5) is 79.3. The number of nitrogens with zero attached hydrogens (tertiary/aromatic N) is 1. The van der Waals surface area contributed by atoms with E-state index >= 15 is 0 Å². The van der Waals surface area contributed by atoms with Gasteiger partial charge < -0.3 is 59.0 Å². The van der Waals surface area contributed by atoms with Gasteiger partial charge >= 0.3 is 0 Å². The Morgan fingerprint density at radius 2 is 1.23 bits per heavy atom. The maximum absolute atomic E-state index is 13.3. The first-order valence-corrected chi connectivity index (χ1v) is 19.0. The van der Waals surface area contributed by atoms with Crippen molar-refractivity contribution in [1.82, 2.24) is 26.6 Å². The fourth-order valence-electron chi connectivity index (χ4n) is 5.03. The maximum Gasteiger partial charge on any atom is 0.243 e. The Kier molecular flexibility index (Phi) is 22.4. The number of amides is 6. The third kappa shape index (κ3) is 20.5. The van der Waals surface area contributed by atoms with Crippen molar-refractivity contribution in [2.75, 3.05) is 46.1 Å². The van der Waals surface area contributed by atoms with Crippen LogP contribution in [-0.4, -0.2) is 112 Å². The average molecular weight is 848 g/mol. The topological polar surface area (TPSA) is 297 Å². The highest BCUT2D eigenvalue weighted by atomic mass is 79.9. The summed E-state index contributed by atoms with van der Waals surface area (Å²) in [5, 5.41) is 13.4. The number of nitrogens with two attached hydrogens (primary N) is 4. The number of hydrogen-bond donors (Lipinski definition) is 9. The Bertz CT molecular complexity index is 1580. The van der Waals surface area contributed by atoms with E-state index in [9.17, 15) is 28.8 Å². The molecule has 0 spiro atoms. The highest BCUT2D eigenvalue weighted by molar-refractivity contribution is 9.10. The van der Waals surface area contributed by atoms with Gasteiger partial charge in [0.25, 0.3) is 0 Å². The fraction of sp³-hybridized carbons (Fsp3) is 0.486. The van der Waals surface area contributed by atoms with Crippen LogP contribution < -0.4 is 49.5 Å². The lowest BCUT2D eigenvalue weighted by Gasteiger charge is -2.22. The lowest BCUT2D eigenvalue weighted by molar-refractivity contribution is -0.132. The second-order valence-corrected chi connectivity index (χ2v) is 13.7. The quantitative estimate of drug-likeness (QED) is 0.0287. The van der Waals surface area contributed by atoms with Gasteiger partial charge in [0.15, 0.2) is 5.96 Å². The van der Waals surface area contributed by atoms with Crippen LogP contribution in [0.2, 0.25) is 0 Å². The van der Waals surface area contributed by atoms with Crippen molar-refractivity contribution in [3.63, 3.8) is 0 Å². The summed E-state index contributed by atoms with van der Waals surface area (Å²) in [6, 6.07) is 12.9. The van der Waals surface area contributed by atoms with E-state index in [1.54, 1.807) is 31.2 Å². The van der Waals surface area contributed by atoms with Crippen LogP contribution in [0.25, 0.3) is 0 Å². The lowest BCUT2D eigenvalue weighted by atomic mass is 10.0. The number of nitrogens with one attached hydrogen (secondary N) is 5. The molecule has 0 aliphatic rings. The molecule has 0 fully saturated rings. The standard InChI is InChI=1S/C37H55BrN10O8/c1-24(39)34(52)48-29(22-25-6-3-2-4-7-25)35(53)44-17-19-56-21-20-55-18-16-43-31(49)13-14-32(50)46-30(23-26-9-11-27(38)12-10-26)36(54)47-28(33(40)51)8-5-15-45-37(41)42/h2-4,6-7,9-12,24,28-30H,5,8,13-23,39H2,1H3,(H2,40,51)(H,43,49)(H,44,53)(H,46,50)(H,47,54)(H,48,52)(H4,41,42,45)/t24-,28-,29-,30-/m0/s1. The summed E-state index contributed by atoms with van der Waals surface area (Å²) in [6.45, 7) is 3.08.